The normalized spacial score (nSPS) is 19.9. The van der Waals surface area contributed by atoms with Gasteiger partial charge in [0.1, 0.15) is 5.82 Å². The van der Waals surface area contributed by atoms with E-state index in [1.165, 1.54) is 6.07 Å². The minimum atomic E-state index is -0.108. The van der Waals surface area contributed by atoms with Crippen molar-refractivity contribution >= 4 is 0 Å². The van der Waals surface area contributed by atoms with Gasteiger partial charge < -0.3 is 10.2 Å². The van der Waals surface area contributed by atoms with Crippen molar-refractivity contribution in [1.29, 1.82) is 0 Å². The number of piperidine rings is 1. The first kappa shape index (κ1) is 13.5. The van der Waals surface area contributed by atoms with Gasteiger partial charge in [-0.2, -0.15) is 0 Å². The lowest BCUT2D eigenvalue weighted by molar-refractivity contribution is 0.200. The van der Waals surface area contributed by atoms with Crippen LogP contribution in [0.15, 0.2) is 24.3 Å². The quantitative estimate of drug-likeness (QED) is 0.884. The van der Waals surface area contributed by atoms with Crippen molar-refractivity contribution < 1.29 is 4.39 Å². The fraction of sp³-hybridized carbons (Fsp3) is 0.600. The molecule has 0 aliphatic carbocycles. The molecule has 0 bridgehead atoms. The molecule has 1 saturated heterocycles. The zero-order chi connectivity index (χ0) is 13.0. The van der Waals surface area contributed by atoms with Crippen LogP contribution in [0.25, 0.3) is 0 Å². The summed E-state index contributed by atoms with van der Waals surface area (Å²) in [5.74, 6) is -0.108. The Morgan fingerprint density at radius 3 is 2.61 bits per heavy atom. The SMILES string of the molecule is CCN1CCC(N[C@H](C)c2ccccc2F)CC1. The summed E-state index contributed by atoms with van der Waals surface area (Å²) in [7, 11) is 0. The summed E-state index contributed by atoms with van der Waals surface area (Å²) in [6.07, 6.45) is 2.32. The average Bonchev–Trinajstić information content (AvgIpc) is 2.40. The number of benzene rings is 1. The molecule has 1 heterocycles. The molecule has 3 heteroatoms. The van der Waals surface area contributed by atoms with Crippen LogP contribution in [0.5, 0.6) is 0 Å². The average molecular weight is 250 g/mol. The highest BCUT2D eigenvalue weighted by Crippen LogP contribution is 2.19. The molecule has 0 unspecified atom stereocenters. The summed E-state index contributed by atoms with van der Waals surface area (Å²) in [6.45, 7) is 7.69. The number of halogens is 1. The number of likely N-dealkylation sites (tertiary alicyclic amines) is 1. The van der Waals surface area contributed by atoms with Crippen molar-refractivity contribution in [3.8, 4) is 0 Å². The number of hydrogen-bond acceptors (Lipinski definition) is 2. The van der Waals surface area contributed by atoms with Gasteiger partial charge in [0, 0.05) is 17.6 Å². The summed E-state index contributed by atoms with van der Waals surface area (Å²) in [4.78, 5) is 2.46. The molecule has 0 radical (unpaired) electrons. The Kier molecular flexibility index (Phi) is 4.72. The summed E-state index contributed by atoms with van der Waals surface area (Å²) >= 11 is 0. The molecular formula is C15H23FN2. The molecule has 1 N–H and O–H groups in total. The summed E-state index contributed by atoms with van der Waals surface area (Å²) < 4.78 is 13.7. The Balaban J connectivity index is 1.89. The van der Waals surface area contributed by atoms with Crippen LogP contribution in [0.2, 0.25) is 0 Å². The molecule has 1 fully saturated rings. The van der Waals surface area contributed by atoms with Gasteiger partial charge in [0.15, 0.2) is 0 Å². The van der Waals surface area contributed by atoms with Gasteiger partial charge in [0.2, 0.25) is 0 Å². The molecule has 100 valence electrons. The lowest BCUT2D eigenvalue weighted by Crippen LogP contribution is -2.43. The zero-order valence-corrected chi connectivity index (χ0v) is 11.3. The van der Waals surface area contributed by atoms with Crippen molar-refractivity contribution in [2.24, 2.45) is 0 Å². The minimum Gasteiger partial charge on any atom is -0.307 e. The van der Waals surface area contributed by atoms with Crippen LogP contribution in [0.1, 0.15) is 38.3 Å². The second-order valence-electron chi connectivity index (χ2n) is 5.12. The second kappa shape index (κ2) is 6.30. The van der Waals surface area contributed by atoms with Gasteiger partial charge in [-0.05, 0) is 45.5 Å². The number of rotatable bonds is 4. The highest BCUT2D eigenvalue weighted by Gasteiger charge is 2.20. The molecule has 1 aliphatic heterocycles. The first-order valence-electron chi connectivity index (χ1n) is 6.93. The number of hydrogen-bond donors (Lipinski definition) is 1. The van der Waals surface area contributed by atoms with E-state index in [1.54, 1.807) is 6.07 Å². The van der Waals surface area contributed by atoms with E-state index in [-0.39, 0.29) is 11.9 Å². The third-order valence-corrected chi connectivity index (χ3v) is 3.89. The van der Waals surface area contributed by atoms with E-state index in [1.807, 2.05) is 19.1 Å². The maximum absolute atomic E-state index is 13.7. The predicted octanol–water partition coefficient (Wildman–Crippen LogP) is 2.96. The first-order chi connectivity index (χ1) is 8.70. The Bertz CT molecular complexity index is 373. The van der Waals surface area contributed by atoms with Gasteiger partial charge in [0.25, 0.3) is 0 Å². The first-order valence-corrected chi connectivity index (χ1v) is 6.93. The van der Waals surface area contributed by atoms with Crippen molar-refractivity contribution in [2.45, 2.75) is 38.8 Å². The van der Waals surface area contributed by atoms with Crippen LogP contribution in [0, 0.1) is 5.82 Å². The highest BCUT2D eigenvalue weighted by atomic mass is 19.1. The molecule has 0 aromatic heterocycles. The van der Waals surface area contributed by atoms with Crippen molar-refractivity contribution in [3.05, 3.63) is 35.6 Å². The number of nitrogens with one attached hydrogen (secondary N) is 1. The Morgan fingerprint density at radius 1 is 1.33 bits per heavy atom. The molecule has 18 heavy (non-hydrogen) atoms. The van der Waals surface area contributed by atoms with E-state index >= 15 is 0 Å². The van der Waals surface area contributed by atoms with E-state index in [2.05, 4.69) is 17.1 Å². The van der Waals surface area contributed by atoms with Crippen molar-refractivity contribution in [1.82, 2.24) is 10.2 Å². The Hall–Kier alpha value is -0.930. The lowest BCUT2D eigenvalue weighted by Gasteiger charge is -2.33. The monoisotopic (exact) mass is 250 g/mol. The minimum absolute atomic E-state index is 0.0874. The van der Waals surface area contributed by atoms with E-state index in [9.17, 15) is 4.39 Å². The van der Waals surface area contributed by atoms with Crippen LogP contribution >= 0.6 is 0 Å². The van der Waals surface area contributed by atoms with Crippen molar-refractivity contribution in [2.75, 3.05) is 19.6 Å². The summed E-state index contributed by atoms with van der Waals surface area (Å²) in [6, 6.07) is 7.65. The van der Waals surface area contributed by atoms with Crippen LogP contribution in [0.3, 0.4) is 0 Å². The topological polar surface area (TPSA) is 15.3 Å². The third-order valence-electron chi connectivity index (χ3n) is 3.89. The van der Waals surface area contributed by atoms with Gasteiger partial charge in [-0.3, -0.25) is 0 Å². The van der Waals surface area contributed by atoms with Crippen LogP contribution < -0.4 is 5.32 Å². The van der Waals surface area contributed by atoms with E-state index in [0.717, 1.165) is 38.0 Å². The van der Waals surface area contributed by atoms with E-state index in [0.29, 0.717) is 6.04 Å². The van der Waals surface area contributed by atoms with Crippen molar-refractivity contribution in [3.63, 3.8) is 0 Å². The van der Waals surface area contributed by atoms with Crippen LogP contribution in [-0.2, 0) is 0 Å². The Labute approximate surface area is 109 Å². The maximum Gasteiger partial charge on any atom is 0.127 e. The van der Waals surface area contributed by atoms with Gasteiger partial charge in [-0.15, -0.1) is 0 Å². The molecule has 0 saturated carbocycles. The molecular weight excluding hydrogens is 227 g/mol. The predicted molar refractivity (Wildman–Crippen MR) is 73.1 cm³/mol. The zero-order valence-electron chi connectivity index (χ0n) is 11.3. The van der Waals surface area contributed by atoms with E-state index in [4.69, 9.17) is 0 Å². The van der Waals surface area contributed by atoms with Crippen LogP contribution in [-0.4, -0.2) is 30.6 Å². The lowest BCUT2D eigenvalue weighted by atomic mass is 10.0. The third kappa shape index (κ3) is 3.30. The molecule has 1 aromatic carbocycles. The van der Waals surface area contributed by atoms with Gasteiger partial charge in [0.05, 0.1) is 0 Å². The molecule has 2 nitrogen and oxygen atoms in total. The van der Waals surface area contributed by atoms with Gasteiger partial charge in [-0.25, -0.2) is 4.39 Å². The maximum atomic E-state index is 13.7. The molecule has 0 spiro atoms. The standard InChI is InChI=1S/C15H23FN2/c1-3-18-10-8-13(9-11-18)17-12(2)14-6-4-5-7-15(14)16/h4-7,12-13,17H,3,8-11H2,1-2H3/t12-/m1/s1. The molecule has 1 aromatic rings. The highest BCUT2D eigenvalue weighted by molar-refractivity contribution is 5.20. The summed E-state index contributed by atoms with van der Waals surface area (Å²) in [5, 5.41) is 3.55. The molecule has 1 atom stereocenters. The Morgan fingerprint density at radius 2 is 2.00 bits per heavy atom. The van der Waals surface area contributed by atoms with E-state index < -0.39 is 0 Å². The van der Waals surface area contributed by atoms with Gasteiger partial charge >= 0.3 is 0 Å². The summed E-state index contributed by atoms with van der Waals surface area (Å²) in [5.41, 5.74) is 0.774. The molecule has 0 amide bonds. The molecule has 1 aliphatic rings. The molecule has 2 rings (SSSR count). The number of nitrogens with zero attached hydrogens (tertiary/aromatic N) is 1. The fourth-order valence-corrected chi connectivity index (χ4v) is 2.69. The van der Waals surface area contributed by atoms with Gasteiger partial charge in [-0.1, -0.05) is 25.1 Å². The smallest absolute Gasteiger partial charge is 0.127 e. The fourth-order valence-electron chi connectivity index (χ4n) is 2.69. The second-order valence-corrected chi connectivity index (χ2v) is 5.12. The van der Waals surface area contributed by atoms with Crippen LogP contribution in [0.4, 0.5) is 4.39 Å². The largest absolute Gasteiger partial charge is 0.307 e.